The molecule has 1 nitrogen and oxygen atoms in total. The maximum Gasteiger partial charge on any atom is 0.145 e. The standard InChI is InChI=1S/C17H25ClFN/c1-15(2)9-16(3,4)11-17(20,10-15)8-12-6-5-7-13(18)14(12)19/h5-7H,8-11,20H2,1-4H3. The van der Waals surface area contributed by atoms with Gasteiger partial charge >= 0.3 is 0 Å². The number of hydrogen-bond donors (Lipinski definition) is 1. The second-order valence-electron chi connectivity index (χ2n) is 8.11. The minimum absolute atomic E-state index is 0.181. The Morgan fingerprint density at radius 3 is 2.20 bits per heavy atom. The van der Waals surface area contributed by atoms with E-state index < -0.39 is 0 Å². The van der Waals surface area contributed by atoms with Gasteiger partial charge in [0.25, 0.3) is 0 Å². The number of hydrogen-bond acceptors (Lipinski definition) is 1. The summed E-state index contributed by atoms with van der Waals surface area (Å²) in [6.45, 7) is 9.02. The van der Waals surface area contributed by atoms with Crippen LogP contribution in [0.25, 0.3) is 0 Å². The third kappa shape index (κ3) is 3.53. The number of nitrogens with two attached hydrogens (primary N) is 1. The number of halogens is 2. The highest BCUT2D eigenvalue weighted by molar-refractivity contribution is 6.30. The largest absolute Gasteiger partial charge is 0.325 e. The van der Waals surface area contributed by atoms with Crippen LogP contribution in [-0.2, 0) is 6.42 Å². The van der Waals surface area contributed by atoms with Crippen LogP contribution in [0.1, 0.15) is 52.5 Å². The van der Waals surface area contributed by atoms with E-state index in [4.69, 9.17) is 17.3 Å². The molecule has 0 heterocycles. The van der Waals surface area contributed by atoms with Crippen molar-refractivity contribution in [3.8, 4) is 0 Å². The molecule has 0 amide bonds. The summed E-state index contributed by atoms with van der Waals surface area (Å²) in [4.78, 5) is 0. The summed E-state index contributed by atoms with van der Waals surface area (Å²) in [7, 11) is 0. The molecule has 0 aromatic heterocycles. The maximum atomic E-state index is 14.1. The van der Waals surface area contributed by atoms with E-state index in [2.05, 4.69) is 27.7 Å². The minimum atomic E-state index is -0.364. The summed E-state index contributed by atoms with van der Waals surface area (Å²) in [5.41, 5.74) is 7.29. The lowest BCUT2D eigenvalue weighted by atomic mass is 9.57. The zero-order valence-electron chi connectivity index (χ0n) is 12.9. The van der Waals surface area contributed by atoms with Crippen LogP contribution in [0.3, 0.4) is 0 Å². The highest BCUT2D eigenvalue weighted by atomic mass is 35.5. The summed E-state index contributed by atoms with van der Waals surface area (Å²) in [5.74, 6) is -0.319. The van der Waals surface area contributed by atoms with Crippen LogP contribution in [0.5, 0.6) is 0 Å². The Hall–Kier alpha value is -0.600. The van der Waals surface area contributed by atoms with E-state index in [0.717, 1.165) is 19.3 Å². The number of benzene rings is 1. The summed E-state index contributed by atoms with van der Waals surface area (Å²) >= 11 is 5.87. The molecular weight excluding hydrogens is 273 g/mol. The second-order valence-corrected chi connectivity index (χ2v) is 8.52. The molecule has 0 spiro atoms. The number of rotatable bonds is 2. The van der Waals surface area contributed by atoms with Gasteiger partial charge in [-0.05, 0) is 48.1 Å². The first-order valence-electron chi connectivity index (χ1n) is 7.24. The maximum absolute atomic E-state index is 14.1. The molecule has 0 aliphatic heterocycles. The predicted molar refractivity (Wildman–Crippen MR) is 83.4 cm³/mol. The van der Waals surface area contributed by atoms with Gasteiger partial charge in [0, 0.05) is 5.54 Å². The van der Waals surface area contributed by atoms with E-state index in [1.165, 1.54) is 0 Å². The fraction of sp³-hybridized carbons (Fsp3) is 0.647. The molecule has 0 bridgehead atoms. The third-order valence-corrected chi connectivity index (χ3v) is 4.48. The molecule has 1 aromatic carbocycles. The molecule has 2 rings (SSSR count). The van der Waals surface area contributed by atoms with E-state index >= 15 is 0 Å². The van der Waals surface area contributed by atoms with Gasteiger partial charge in [-0.2, -0.15) is 0 Å². The molecule has 112 valence electrons. The van der Waals surface area contributed by atoms with E-state index in [1.54, 1.807) is 18.2 Å². The summed E-state index contributed by atoms with van der Waals surface area (Å²) < 4.78 is 14.1. The van der Waals surface area contributed by atoms with Gasteiger partial charge < -0.3 is 5.73 Å². The van der Waals surface area contributed by atoms with Crippen LogP contribution in [0, 0.1) is 16.6 Å². The Morgan fingerprint density at radius 2 is 1.65 bits per heavy atom. The van der Waals surface area contributed by atoms with Gasteiger partial charge in [-0.25, -0.2) is 4.39 Å². The molecular formula is C17H25ClFN. The lowest BCUT2D eigenvalue weighted by molar-refractivity contribution is 0.0483. The highest BCUT2D eigenvalue weighted by Crippen LogP contribution is 2.50. The van der Waals surface area contributed by atoms with Crippen molar-refractivity contribution in [3.63, 3.8) is 0 Å². The first-order valence-corrected chi connectivity index (χ1v) is 7.62. The van der Waals surface area contributed by atoms with Crippen molar-refractivity contribution in [1.82, 2.24) is 0 Å². The average Bonchev–Trinajstić information content (AvgIpc) is 2.19. The molecule has 2 N–H and O–H groups in total. The Morgan fingerprint density at radius 1 is 1.10 bits per heavy atom. The quantitative estimate of drug-likeness (QED) is 0.820. The Balaban J connectivity index is 2.29. The molecule has 0 radical (unpaired) electrons. The van der Waals surface area contributed by atoms with Crippen molar-refractivity contribution in [2.45, 2.75) is 58.9 Å². The van der Waals surface area contributed by atoms with Crippen molar-refractivity contribution in [2.75, 3.05) is 0 Å². The first kappa shape index (κ1) is 15.8. The van der Waals surface area contributed by atoms with Crippen molar-refractivity contribution in [3.05, 3.63) is 34.6 Å². The zero-order valence-corrected chi connectivity index (χ0v) is 13.6. The van der Waals surface area contributed by atoms with Gasteiger partial charge in [0.05, 0.1) is 5.02 Å². The Labute approximate surface area is 126 Å². The molecule has 20 heavy (non-hydrogen) atoms. The summed E-state index contributed by atoms with van der Waals surface area (Å²) in [5, 5.41) is 0.181. The van der Waals surface area contributed by atoms with Gasteiger partial charge in [0.15, 0.2) is 0 Å². The molecule has 0 unspecified atom stereocenters. The van der Waals surface area contributed by atoms with Crippen LogP contribution in [0.4, 0.5) is 4.39 Å². The lowest BCUT2D eigenvalue weighted by Gasteiger charge is -2.50. The van der Waals surface area contributed by atoms with Crippen LogP contribution in [-0.4, -0.2) is 5.54 Å². The predicted octanol–water partition coefficient (Wildman–Crippen LogP) is 4.96. The van der Waals surface area contributed by atoms with E-state index in [9.17, 15) is 4.39 Å². The molecule has 0 atom stereocenters. The highest BCUT2D eigenvalue weighted by Gasteiger charge is 2.45. The lowest BCUT2D eigenvalue weighted by Crippen LogP contribution is -2.53. The molecule has 1 saturated carbocycles. The molecule has 1 fully saturated rings. The zero-order chi connectivity index (χ0) is 15.2. The van der Waals surface area contributed by atoms with Crippen molar-refractivity contribution in [2.24, 2.45) is 16.6 Å². The van der Waals surface area contributed by atoms with E-state index in [-0.39, 0.29) is 27.2 Å². The molecule has 1 aliphatic rings. The fourth-order valence-electron chi connectivity index (χ4n) is 4.58. The molecule has 1 aromatic rings. The molecule has 0 saturated heterocycles. The van der Waals surface area contributed by atoms with Crippen LogP contribution in [0.15, 0.2) is 18.2 Å². The minimum Gasteiger partial charge on any atom is -0.325 e. The molecule has 3 heteroatoms. The SMILES string of the molecule is CC1(C)CC(C)(C)CC(N)(Cc2cccc(Cl)c2F)C1. The van der Waals surface area contributed by atoms with Crippen LogP contribution in [0.2, 0.25) is 5.02 Å². The van der Waals surface area contributed by atoms with Crippen molar-refractivity contribution in [1.29, 1.82) is 0 Å². The van der Waals surface area contributed by atoms with Gasteiger partial charge in [-0.1, -0.05) is 51.4 Å². The van der Waals surface area contributed by atoms with Crippen LogP contribution >= 0.6 is 11.6 Å². The van der Waals surface area contributed by atoms with Gasteiger partial charge in [-0.3, -0.25) is 0 Å². The van der Waals surface area contributed by atoms with Crippen molar-refractivity contribution >= 4 is 11.6 Å². The van der Waals surface area contributed by atoms with E-state index in [1.807, 2.05) is 0 Å². The first-order chi connectivity index (χ1) is 9.02. The Kier molecular flexibility index (Phi) is 3.94. The Bertz CT molecular complexity index is 492. The third-order valence-electron chi connectivity index (χ3n) is 4.19. The van der Waals surface area contributed by atoms with Crippen molar-refractivity contribution < 1.29 is 4.39 Å². The van der Waals surface area contributed by atoms with E-state index in [0.29, 0.717) is 12.0 Å². The summed E-state index contributed by atoms with van der Waals surface area (Å²) in [6.07, 6.45) is 3.52. The second kappa shape index (κ2) is 4.99. The molecule has 1 aliphatic carbocycles. The average molecular weight is 298 g/mol. The monoisotopic (exact) mass is 297 g/mol. The normalized spacial score (nSPS) is 23.6. The smallest absolute Gasteiger partial charge is 0.145 e. The van der Waals surface area contributed by atoms with Gasteiger partial charge in [0.2, 0.25) is 0 Å². The van der Waals surface area contributed by atoms with Gasteiger partial charge in [0.1, 0.15) is 5.82 Å². The van der Waals surface area contributed by atoms with Crippen LogP contribution < -0.4 is 5.73 Å². The summed E-state index contributed by atoms with van der Waals surface area (Å²) in [6, 6.07) is 5.17. The van der Waals surface area contributed by atoms with Gasteiger partial charge in [-0.15, -0.1) is 0 Å². The fourth-order valence-corrected chi connectivity index (χ4v) is 4.77. The topological polar surface area (TPSA) is 26.0 Å².